The zero-order valence-electron chi connectivity index (χ0n) is 10.2. The van der Waals surface area contributed by atoms with Gasteiger partial charge in [-0.25, -0.2) is 0 Å². The minimum Gasteiger partial charge on any atom is -0.381 e. The minimum atomic E-state index is 0.364. The molecule has 0 aromatic carbocycles. The van der Waals surface area contributed by atoms with Crippen LogP contribution in [0.25, 0.3) is 0 Å². The Morgan fingerprint density at radius 3 is 2.62 bits per heavy atom. The van der Waals surface area contributed by atoms with Crippen molar-refractivity contribution in [2.24, 2.45) is 17.1 Å². The maximum atomic E-state index is 6.03. The summed E-state index contributed by atoms with van der Waals surface area (Å²) in [6.45, 7) is 5.24. The third kappa shape index (κ3) is 1.89. The Morgan fingerprint density at radius 2 is 2.06 bits per heavy atom. The van der Waals surface area contributed by atoms with Gasteiger partial charge in [-0.2, -0.15) is 0 Å². The molecule has 16 heavy (non-hydrogen) atoms. The normalized spacial score (nSPS) is 38.1. The molecule has 2 heterocycles. The summed E-state index contributed by atoms with van der Waals surface area (Å²) in [5.41, 5.74) is 6.40. The molecule has 0 spiro atoms. The first-order valence-electron chi connectivity index (χ1n) is 6.83. The molecule has 3 heteroatoms. The highest BCUT2D eigenvalue weighted by atomic mass is 16.5. The van der Waals surface area contributed by atoms with E-state index < -0.39 is 0 Å². The molecule has 3 aliphatic rings. The Hall–Kier alpha value is -0.120. The third-order valence-corrected chi connectivity index (χ3v) is 5.05. The number of nitrogens with two attached hydrogens (primary N) is 1. The number of ether oxygens (including phenoxy) is 1. The number of nitrogens with zero attached hydrogens (tertiary/aromatic N) is 1. The Kier molecular flexibility index (Phi) is 2.94. The van der Waals surface area contributed by atoms with E-state index in [9.17, 15) is 0 Å². The van der Waals surface area contributed by atoms with Gasteiger partial charge < -0.3 is 10.5 Å². The fraction of sp³-hybridized carbons (Fsp3) is 1.00. The number of fused-ring (bicyclic) bond motifs is 2. The first kappa shape index (κ1) is 11.0. The van der Waals surface area contributed by atoms with Crippen molar-refractivity contribution >= 4 is 0 Å². The lowest BCUT2D eigenvalue weighted by Gasteiger charge is -2.41. The summed E-state index contributed by atoms with van der Waals surface area (Å²) in [7, 11) is 0. The number of piperidine rings is 1. The first-order chi connectivity index (χ1) is 7.81. The van der Waals surface area contributed by atoms with Crippen LogP contribution in [0, 0.1) is 11.3 Å². The van der Waals surface area contributed by atoms with Gasteiger partial charge in [-0.15, -0.1) is 0 Å². The Morgan fingerprint density at radius 1 is 1.25 bits per heavy atom. The summed E-state index contributed by atoms with van der Waals surface area (Å²) in [5, 5.41) is 0. The van der Waals surface area contributed by atoms with E-state index in [1.54, 1.807) is 0 Å². The van der Waals surface area contributed by atoms with Crippen LogP contribution in [0.2, 0.25) is 0 Å². The van der Waals surface area contributed by atoms with Crippen molar-refractivity contribution in [2.45, 2.75) is 38.1 Å². The van der Waals surface area contributed by atoms with E-state index in [2.05, 4.69) is 4.90 Å². The second kappa shape index (κ2) is 4.28. The molecule has 1 aliphatic carbocycles. The maximum Gasteiger partial charge on any atom is 0.0472 e. The average Bonchev–Trinajstić information content (AvgIpc) is 2.92. The van der Waals surface area contributed by atoms with Gasteiger partial charge in [0.25, 0.3) is 0 Å². The van der Waals surface area contributed by atoms with E-state index in [1.807, 2.05) is 0 Å². The van der Waals surface area contributed by atoms with E-state index in [0.717, 1.165) is 44.6 Å². The lowest BCUT2D eigenvalue weighted by Crippen LogP contribution is -2.48. The van der Waals surface area contributed by atoms with Crippen molar-refractivity contribution in [2.75, 3.05) is 32.8 Å². The van der Waals surface area contributed by atoms with Gasteiger partial charge in [0.1, 0.15) is 0 Å². The molecule has 2 unspecified atom stereocenters. The van der Waals surface area contributed by atoms with Crippen LogP contribution in [0.3, 0.4) is 0 Å². The molecular formula is C13H24N2O. The predicted octanol–water partition coefficient (Wildman–Crippen LogP) is 1.23. The summed E-state index contributed by atoms with van der Waals surface area (Å²) in [6.07, 6.45) is 6.69. The fourth-order valence-electron chi connectivity index (χ4n) is 3.88. The number of hydrogen-bond donors (Lipinski definition) is 1. The van der Waals surface area contributed by atoms with Gasteiger partial charge in [0.15, 0.2) is 0 Å². The van der Waals surface area contributed by atoms with Crippen LogP contribution in [0.5, 0.6) is 0 Å². The molecule has 3 rings (SSSR count). The van der Waals surface area contributed by atoms with Crippen molar-refractivity contribution in [1.82, 2.24) is 4.90 Å². The zero-order valence-corrected chi connectivity index (χ0v) is 10.2. The second-order valence-electron chi connectivity index (χ2n) is 6.08. The maximum absolute atomic E-state index is 6.03. The van der Waals surface area contributed by atoms with Crippen molar-refractivity contribution < 1.29 is 4.74 Å². The lowest BCUT2D eigenvalue weighted by atomic mass is 9.79. The molecule has 3 nitrogen and oxygen atoms in total. The molecule has 0 radical (unpaired) electrons. The molecule has 3 fully saturated rings. The van der Waals surface area contributed by atoms with Crippen LogP contribution < -0.4 is 5.73 Å². The Balaban J connectivity index is 1.63. The molecule has 92 valence electrons. The van der Waals surface area contributed by atoms with Gasteiger partial charge in [-0.3, -0.25) is 4.90 Å². The van der Waals surface area contributed by atoms with Crippen molar-refractivity contribution in [1.29, 1.82) is 0 Å². The molecule has 0 amide bonds. The second-order valence-corrected chi connectivity index (χ2v) is 6.08. The number of likely N-dealkylation sites (tertiary alicyclic amines) is 1. The largest absolute Gasteiger partial charge is 0.381 e. The highest BCUT2D eigenvalue weighted by Gasteiger charge is 2.42. The molecule has 2 aliphatic heterocycles. The molecule has 2 bridgehead atoms. The molecule has 0 aromatic rings. The molecule has 2 N–H and O–H groups in total. The van der Waals surface area contributed by atoms with Crippen LogP contribution in [0.4, 0.5) is 0 Å². The molecule has 2 saturated heterocycles. The number of rotatable bonds is 3. The Labute approximate surface area is 98.3 Å². The molecule has 1 saturated carbocycles. The standard InChI is InChI=1S/C13H24N2O/c14-9-13(3-5-16-6-4-13)10-15-8-11-1-2-12(15)7-11/h11-12H,1-10,14H2. The summed E-state index contributed by atoms with van der Waals surface area (Å²) in [6, 6.07) is 0.885. The smallest absolute Gasteiger partial charge is 0.0472 e. The van der Waals surface area contributed by atoms with Gasteiger partial charge in [0.2, 0.25) is 0 Å². The number of hydrogen-bond acceptors (Lipinski definition) is 3. The topological polar surface area (TPSA) is 38.5 Å². The fourth-order valence-corrected chi connectivity index (χ4v) is 3.88. The minimum absolute atomic E-state index is 0.364. The van der Waals surface area contributed by atoms with E-state index in [1.165, 1.54) is 32.4 Å². The van der Waals surface area contributed by atoms with E-state index in [-0.39, 0.29) is 0 Å². The van der Waals surface area contributed by atoms with Gasteiger partial charge in [-0.1, -0.05) is 0 Å². The van der Waals surface area contributed by atoms with Gasteiger partial charge in [0, 0.05) is 32.3 Å². The van der Waals surface area contributed by atoms with Gasteiger partial charge >= 0.3 is 0 Å². The third-order valence-electron chi connectivity index (χ3n) is 5.05. The van der Waals surface area contributed by atoms with Crippen molar-refractivity contribution in [3.63, 3.8) is 0 Å². The van der Waals surface area contributed by atoms with E-state index in [0.29, 0.717) is 5.41 Å². The first-order valence-corrected chi connectivity index (χ1v) is 6.83. The van der Waals surface area contributed by atoms with Gasteiger partial charge in [-0.05, 0) is 50.0 Å². The highest BCUT2D eigenvalue weighted by Crippen LogP contribution is 2.40. The molecular weight excluding hydrogens is 200 g/mol. The van der Waals surface area contributed by atoms with Crippen LogP contribution in [-0.4, -0.2) is 43.8 Å². The predicted molar refractivity (Wildman–Crippen MR) is 64.2 cm³/mol. The van der Waals surface area contributed by atoms with Gasteiger partial charge in [0.05, 0.1) is 0 Å². The summed E-state index contributed by atoms with van der Waals surface area (Å²) in [5.74, 6) is 1.000. The molecule has 2 atom stereocenters. The summed E-state index contributed by atoms with van der Waals surface area (Å²) >= 11 is 0. The van der Waals surface area contributed by atoms with Crippen LogP contribution >= 0.6 is 0 Å². The summed E-state index contributed by atoms with van der Waals surface area (Å²) < 4.78 is 5.48. The van der Waals surface area contributed by atoms with Crippen molar-refractivity contribution in [3.05, 3.63) is 0 Å². The van der Waals surface area contributed by atoms with E-state index >= 15 is 0 Å². The van der Waals surface area contributed by atoms with Crippen LogP contribution in [0.15, 0.2) is 0 Å². The monoisotopic (exact) mass is 224 g/mol. The van der Waals surface area contributed by atoms with E-state index in [4.69, 9.17) is 10.5 Å². The highest BCUT2D eigenvalue weighted by molar-refractivity contribution is 4.96. The zero-order chi connectivity index (χ0) is 11.0. The Bertz CT molecular complexity index is 250. The molecule has 0 aromatic heterocycles. The SMILES string of the molecule is NCC1(CN2CC3CCC2C3)CCOCC1. The summed E-state index contributed by atoms with van der Waals surface area (Å²) in [4.78, 5) is 2.73. The average molecular weight is 224 g/mol. The van der Waals surface area contributed by atoms with Crippen LogP contribution in [0.1, 0.15) is 32.1 Å². The van der Waals surface area contributed by atoms with Crippen molar-refractivity contribution in [3.8, 4) is 0 Å². The van der Waals surface area contributed by atoms with Crippen LogP contribution in [-0.2, 0) is 4.74 Å². The lowest BCUT2D eigenvalue weighted by molar-refractivity contribution is -0.00512. The quantitative estimate of drug-likeness (QED) is 0.783.